The number of ether oxygens (including phenoxy) is 1. The van der Waals surface area contributed by atoms with Gasteiger partial charge in [0.05, 0.1) is 7.05 Å². The van der Waals surface area contributed by atoms with Crippen LogP contribution in [0.5, 0.6) is 5.75 Å². The van der Waals surface area contributed by atoms with Crippen LogP contribution >= 0.6 is 0 Å². The van der Waals surface area contributed by atoms with Gasteiger partial charge in [0.25, 0.3) is 0 Å². The Morgan fingerprint density at radius 3 is 2.89 bits per heavy atom. The summed E-state index contributed by atoms with van der Waals surface area (Å²) in [6.07, 6.45) is 0. The highest BCUT2D eigenvalue weighted by molar-refractivity contribution is 5.40. The second-order valence-corrected chi connectivity index (χ2v) is 4.33. The smallest absolute Gasteiger partial charge is 0.212 e. The van der Waals surface area contributed by atoms with E-state index in [1.165, 1.54) is 4.80 Å². The number of tetrazole rings is 1. The van der Waals surface area contributed by atoms with E-state index >= 15 is 0 Å². The molecule has 0 fully saturated rings. The normalized spacial score (nSPS) is 10.7. The first kappa shape index (κ1) is 13.5. The van der Waals surface area contributed by atoms with Crippen LogP contribution in [-0.2, 0) is 20.2 Å². The molecule has 1 aromatic carbocycles. The lowest BCUT2D eigenvalue weighted by Gasteiger charge is -2.13. The molecule has 0 aliphatic carbocycles. The SMILES string of the molecule is CCNCc1cccc(C)c1OCc1nnn(C)n1. The first-order valence-electron chi connectivity index (χ1n) is 6.35. The number of hydrogen-bond donors (Lipinski definition) is 1. The average molecular weight is 261 g/mol. The molecular weight excluding hydrogens is 242 g/mol. The maximum atomic E-state index is 5.85. The van der Waals surface area contributed by atoms with Gasteiger partial charge in [0.15, 0.2) is 6.61 Å². The van der Waals surface area contributed by atoms with Gasteiger partial charge in [-0.2, -0.15) is 4.80 Å². The molecule has 102 valence electrons. The second kappa shape index (κ2) is 6.29. The fourth-order valence-electron chi connectivity index (χ4n) is 1.84. The third kappa shape index (κ3) is 3.51. The second-order valence-electron chi connectivity index (χ2n) is 4.33. The van der Waals surface area contributed by atoms with Crippen LogP contribution in [0.15, 0.2) is 18.2 Å². The number of nitrogens with one attached hydrogen (secondary N) is 1. The Morgan fingerprint density at radius 1 is 1.37 bits per heavy atom. The van der Waals surface area contributed by atoms with Gasteiger partial charge in [0.1, 0.15) is 5.75 Å². The zero-order chi connectivity index (χ0) is 13.7. The molecule has 0 aliphatic heterocycles. The highest BCUT2D eigenvalue weighted by Crippen LogP contribution is 2.24. The topological polar surface area (TPSA) is 64.9 Å². The molecular formula is C13H19N5O. The molecule has 0 saturated heterocycles. The number of rotatable bonds is 6. The molecule has 0 spiro atoms. The molecule has 0 amide bonds. The Bertz CT molecular complexity index is 538. The molecule has 1 aromatic heterocycles. The van der Waals surface area contributed by atoms with Crippen LogP contribution in [0.2, 0.25) is 0 Å². The van der Waals surface area contributed by atoms with Crippen LogP contribution in [0, 0.1) is 6.92 Å². The largest absolute Gasteiger partial charge is 0.485 e. The number of aryl methyl sites for hydroxylation is 2. The van der Waals surface area contributed by atoms with Crippen molar-refractivity contribution in [1.29, 1.82) is 0 Å². The van der Waals surface area contributed by atoms with Crippen LogP contribution < -0.4 is 10.1 Å². The van der Waals surface area contributed by atoms with Crippen LogP contribution in [0.3, 0.4) is 0 Å². The van der Waals surface area contributed by atoms with E-state index in [9.17, 15) is 0 Å². The van der Waals surface area contributed by atoms with Crippen LogP contribution in [0.1, 0.15) is 23.9 Å². The van der Waals surface area contributed by atoms with Gasteiger partial charge in [-0.3, -0.25) is 0 Å². The summed E-state index contributed by atoms with van der Waals surface area (Å²) in [7, 11) is 1.74. The summed E-state index contributed by atoms with van der Waals surface area (Å²) in [5.74, 6) is 1.48. The van der Waals surface area contributed by atoms with E-state index in [-0.39, 0.29) is 0 Å². The molecule has 0 saturated carbocycles. The third-order valence-corrected chi connectivity index (χ3v) is 2.75. The van der Waals surface area contributed by atoms with Gasteiger partial charge in [-0.1, -0.05) is 25.1 Å². The maximum Gasteiger partial charge on any atom is 0.212 e. The fraction of sp³-hybridized carbons (Fsp3) is 0.462. The van der Waals surface area contributed by atoms with E-state index in [4.69, 9.17) is 4.74 Å². The monoisotopic (exact) mass is 261 g/mol. The molecule has 1 N–H and O–H groups in total. The molecule has 1 heterocycles. The number of benzene rings is 1. The van der Waals surface area contributed by atoms with Gasteiger partial charge in [-0.25, -0.2) is 0 Å². The molecule has 0 radical (unpaired) electrons. The molecule has 0 unspecified atom stereocenters. The number of para-hydroxylation sites is 1. The van der Waals surface area contributed by atoms with Gasteiger partial charge >= 0.3 is 0 Å². The Kier molecular flexibility index (Phi) is 4.46. The van der Waals surface area contributed by atoms with Crippen molar-refractivity contribution in [2.45, 2.75) is 27.0 Å². The predicted octanol–water partition coefficient (Wildman–Crippen LogP) is 1.21. The minimum Gasteiger partial charge on any atom is -0.485 e. The van der Waals surface area contributed by atoms with E-state index in [0.29, 0.717) is 12.4 Å². The summed E-state index contributed by atoms with van der Waals surface area (Å²) in [4.78, 5) is 1.43. The number of nitrogens with zero attached hydrogens (tertiary/aromatic N) is 4. The van der Waals surface area contributed by atoms with Crippen LogP contribution in [-0.4, -0.2) is 26.8 Å². The lowest BCUT2D eigenvalue weighted by Crippen LogP contribution is -2.13. The Balaban J connectivity index is 2.09. The first-order chi connectivity index (χ1) is 9.20. The summed E-state index contributed by atoms with van der Waals surface area (Å²) >= 11 is 0. The molecule has 2 aromatic rings. The van der Waals surface area contributed by atoms with Gasteiger partial charge in [0, 0.05) is 12.1 Å². The summed E-state index contributed by atoms with van der Waals surface area (Å²) in [5.41, 5.74) is 2.25. The lowest BCUT2D eigenvalue weighted by atomic mass is 10.1. The van der Waals surface area contributed by atoms with Crippen molar-refractivity contribution >= 4 is 0 Å². The Labute approximate surface area is 112 Å². The van der Waals surface area contributed by atoms with Crippen LogP contribution in [0.25, 0.3) is 0 Å². The van der Waals surface area contributed by atoms with Gasteiger partial charge in [-0.05, 0) is 24.2 Å². The molecule has 6 nitrogen and oxygen atoms in total. The third-order valence-electron chi connectivity index (χ3n) is 2.75. The van der Waals surface area contributed by atoms with Gasteiger partial charge in [0.2, 0.25) is 5.82 Å². The van der Waals surface area contributed by atoms with E-state index in [1.54, 1.807) is 7.05 Å². The standard InChI is InChI=1S/C13H19N5O/c1-4-14-8-11-7-5-6-10(2)13(11)19-9-12-15-17-18(3)16-12/h5-7,14H,4,8-9H2,1-3H3. The van der Waals surface area contributed by atoms with E-state index in [1.807, 2.05) is 19.1 Å². The number of hydrogen-bond acceptors (Lipinski definition) is 5. The van der Waals surface area contributed by atoms with Crippen molar-refractivity contribution in [3.8, 4) is 5.75 Å². The average Bonchev–Trinajstić information content (AvgIpc) is 2.81. The zero-order valence-corrected chi connectivity index (χ0v) is 11.6. The number of aromatic nitrogens is 4. The van der Waals surface area contributed by atoms with Crippen molar-refractivity contribution in [3.05, 3.63) is 35.2 Å². The summed E-state index contributed by atoms with van der Waals surface area (Å²) in [6.45, 7) is 6.17. The minimum atomic E-state index is 0.331. The lowest BCUT2D eigenvalue weighted by molar-refractivity contribution is 0.289. The van der Waals surface area contributed by atoms with E-state index in [0.717, 1.165) is 30.0 Å². The minimum absolute atomic E-state index is 0.331. The first-order valence-corrected chi connectivity index (χ1v) is 6.35. The Hall–Kier alpha value is -1.95. The van der Waals surface area contributed by atoms with Crippen molar-refractivity contribution in [3.63, 3.8) is 0 Å². The highest BCUT2D eigenvalue weighted by atomic mass is 16.5. The van der Waals surface area contributed by atoms with E-state index < -0.39 is 0 Å². The molecule has 0 aliphatic rings. The van der Waals surface area contributed by atoms with Crippen LogP contribution in [0.4, 0.5) is 0 Å². The highest BCUT2D eigenvalue weighted by Gasteiger charge is 2.08. The van der Waals surface area contributed by atoms with E-state index in [2.05, 4.69) is 33.7 Å². The van der Waals surface area contributed by atoms with Crippen molar-refractivity contribution in [1.82, 2.24) is 25.5 Å². The summed E-state index contributed by atoms with van der Waals surface area (Å²) in [5, 5.41) is 15.1. The zero-order valence-electron chi connectivity index (χ0n) is 11.6. The van der Waals surface area contributed by atoms with Crippen molar-refractivity contribution < 1.29 is 4.74 Å². The van der Waals surface area contributed by atoms with Crippen molar-refractivity contribution in [2.24, 2.45) is 7.05 Å². The van der Waals surface area contributed by atoms with Crippen molar-refractivity contribution in [2.75, 3.05) is 6.54 Å². The van der Waals surface area contributed by atoms with Gasteiger partial charge in [-0.15, -0.1) is 10.2 Å². The quantitative estimate of drug-likeness (QED) is 0.846. The Morgan fingerprint density at radius 2 is 2.21 bits per heavy atom. The fourth-order valence-corrected chi connectivity index (χ4v) is 1.84. The summed E-state index contributed by atoms with van der Waals surface area (Å²) < 4.78 is 5.85. The molecule has 6 heteroatoms. The molecule has 19 heavy (non-hydrogen) atoms. The molecule has 0 bridgehead atoms. The maximum absolute atomic E-state index is 5.85. The van der Waals surface area contributed by atoms with Gasteiger partial charge < -0.3 is 10.1 Å². The molecule has 0 atom stereocenters. The summed E-state index contributed by atoms with van der Waals surface area (Å²) in [6, 6.07) is 6.14. The molecule has 2 rings (SSSR count). The predicted molar refractivity (Wildman–Crippen MR) is 71.7 cm³/mol.